The molecule has 0 radical (unpaired) electrons. The number of nitrogens with zero attached hydrogens (tertiary/aromatic N) is 2. The maximum atomic E-state index is 12.1. The summed E-state index contributed by atoms with van der Waals surface area (Å²) in [6.45, 7) is 6.24. The van der Waals surface area contributed by atoms with Crippen LogP contribution < -0.4 is 10.9 Å². The molecule has 0 aliphatic rings. The van der Waals surface area contributed by atoms with Crippen molar-refractivity contribution in [3.63, 3.8) is 0 Å². The van der Waals surface area contributed by atoms with Gasteiger partial charge in [0.05, 0.1) is 5.69 Å². The van der Waals surface area contributed by atoms with Crippen LogP contribution in [0, 0.1) is 6.92 Å². The van der Waals surface area contributed by atoms with Gasteiger partial charge in [0.1, 0.15) is 11.4 Å². The number of aryl methyl sites for hydroxylation is 1. The van der Waals surface area contributed by atoms with Crippen molar-refractivity contribution in [3.8, 4) is 11.4 Å². The molecule has 0 unspecified atom stereocenters. The first-order chi connectivity index (χ1) is 9.88. The molecule has 1 aromatic heterocycles. The zero-order valence-electron chi connectivity index (χ0n) is 12.2. The lowest BCUT2D eigenvalue weighted by atomic mass is 10.2. The first-order valence-corrected chi connectivity index (χ1v) is 7.08. The van der Waals surface area contributed by atoms with E-state index in [0.29, 0.717) is 22.9 Å². The smallest absolute Gasteiger partial charge is 0.275 e. The third kappa shape index (κ3) is 3.62. The van der Waals surface area contributed by atoms with Gasteiger partial charge in [-0.2, -0.15) is 9.78 Å². The molecule has 0 bridgehead atoms. The Morgan fingerprint density at radius 2 is 2.10 bits per heavy atom. The molecule has 0 spiro atoms. The number of halogens is 1. The molecule has 0 aliphatic heterocycles. The molecule has 0 saturated carbocycles. The summed E-state index contributed by atoms with van der Waals surface area (Å²) in [7, 11) is 0. The summed E-state index contributed by atoms with van der Waals surface area (Å²) in [6, 6.07) is 6.68. The van der Waals surface area contributed by atoms with Gasteiger partial charge >= 0.3 is 0 Å². The van der Waals surface area contributed by atoms with E-state index >= 15 is 0 Å². The molecule has 5 nitrogen and oxygen atoms in total. The highest BCUT2D eigenvalue weighted by Gasteiger charge is 2.11. The van der Waals surface area contributed by atoms with Crippen LogP contribution in [0.4, 0.5) is 0 Å². The van der Waals surface area contributed by atoms with Crippen molar-refractivity contribution in [3.05, 3.63) is 50.9 Å². The molecular weight excluding hydrogens is 290 g/mol. The van der Waals surface area contributed by atoms with Gasteiger partial charge < -0.3 is 10.4 Å². The minimum Gasteiger partial charge on any atom is -0.506 e. The SMILES string of the molecule is Cc1ccc(Cl)cc1-n1nc(CNC(C)C)c(O)cc1=O. The summed E-state index contributed by atoms with van der Waals surface area (Å²) in [6.07, 6.45) is 0. The number of hydrogen-bond donors (Lipinski definition) is 2. The summed E-state index contributed by atoms with van der Waals surface area (Å²) < 4.78 is 1.26. The van der Waals surface area contributed by atoms with Gasteiger partial charge in [-0.05, 0) is 24.6 Å². The fraction of sp³-hybridized carbons (Fsp3) is 0.333. The van der Waals surface area contributed by atoms with E-state index in [2.05, 4.69) is 10.4 Å². The monoisotopic (exact) mass is 307 g/mol. The molecule has 2 N–H and O–H groups in total. The third-order valence-electron chi connectivity index (χ3n) is 3.06. The van der Waals surface area contributed by atoms with E-state index in [0.717, 1.165) is 5.56 Å². The Morgan fingerprint density at radius 3 is 2.76 bits per heavy atom. The second kappa shape index (κ2) is 6.28. The van der Waals surface area contributed by atoms with E-state index in [1.807, 2.05) is 26.8 Å². The predicted molar refractivity (Wildman–Crippen MR) is 83.2 cm³/mol. The van der Waals surface area contributed by atoms with Crippen molar-refractivity contribution in [2.24, 2.45) is 0 Å². The third-order valence-corrected chi connectivity index (χ3v) is 3.30. The zero-order valence-corrected chi connectivity index (χ0v) is 13.0. The topological polar surface area (TPSA) is 67.2 Å². The fourth-order valence-electron chi connectivity index (χ4n) is 1.89. The van der Waals surface area contributed by atoms with Crippen molar-refractivity contribution < 1.29 is 5.11 Å². The second-order valence-electron chi connectivity index (χ2n) is 5.19. The summed E-state index contributed by atoms with van der Waals surface area (Å²) in [4.78, 5) is 12.1. The molecule has 1 heterocycles. The van der Waals surface area contributed by atoms with Crippen LogP contribution in [0.2, 0.25) is 5.02 Å². The predicted octanol–water partition coefficient (Wildman–Crippen LogP) is 2.40. The van der Waals surface area contributed by atoms with Crippen molar-refractivity contribution in [1.29, 1.82) is 0 Å². The van der Waals surface area contributed by atoms with Crippen LogP contribution in [0.5, 0.6) is 5.75 Å². The van der Waals surface area contributed by atoms with Gasteiger partial charge in [-0.1, -0.05) is 31.5 Å². The van der Waals surface area contributed by atoms with Crippen molar-refractivity contribution in [2.45, 2.75) is 33.4 Å². The molecule has 6 heteroatoms. The van der Waals surface area contributed by atoms with Gasteiger partial charge in [0, 0.05) is 23.7 Å². The van der Waals surface area contributed by atoms with Crippen LogP contribution >= 0.6 is 11.6 Å². The maximum absolute atomic E-state index is 12.1. The molecule has 21 heavy (non-hydrogen) atoms. The van der Waals surface area contributed by atoms with Crippen LogP contribution in [0.1, 0.15) is 25.1 Å². The van der Waals surface area contributed by atoms with Gasteiger partial charge in [-0.15, -0.1) is 0 Å². The molecule has 2 aromatic rings. The number of nitrogens with one attached hydrogen (secondary N) is 1. The molecule has 0 atom stereocenters. The van der Waals surface area contributed by atoms with Gasteiger partial charge in [0.15, 0.2) is 0 Å². The Bertz CT molecular complexity index is 711. The second-order valence-corrected chi connectivity index (χ2v) is 5.63. The Hall–Kier alpha value is -1.85. The van der Waals surface area contributed by atoms with Crippen molar-refractivity contribution in [1.82, 2.24) is 15.1 Å². The lowest BCUT2D eigenvalue weighted by Gasteiger charge is -2.13. The van der Waals surface area contributed by atoms with Crippen LogP contribution in [0.25, 0.3) is 5.69 Å². The summed E-state index contributed by atoms with van der Waals surface area (Å²) in [5.41, 5.74) is 1.51. The molecule has 1 aromatic carbocycles. The Kier molecular flexibility index (Phi) is 4.65. The number of benzene rings is 1. The number of hydrogen-bond acceptors (Lipinski definition) is 4. The van der Waals surface area contributed by atoms with E-state index in [4.69, 9.17) is 11.6 Å². The highest BCUT2D eigenvalue weighted by Crippen LogP contribution is 2.19. The molecule has 0 amide bonds. The van der Waals surface area contributed by atoms with Crippen LogP contribution in [-0.4, -0.2) is 20.9 Å². The maximum Gasteiger partial charge on any atom is 0.275 e. The Morgan fingerprint density at radius 1 is 1.38 bits per heavy atom. The highest BCUT2D eigenvalue weighted by molar-refractivity contribution is 6.30. The standard InChI is InChI=1S/C15H18ClN3O2/c1-9(2)17-8-12-14(20)7-15(21)19(18-12)13-6-11(16)5-4-10(13)3/h4-7,9,17,20H,8H2,1-3H3. The van der Waals surface area contributed by atoms with E-state index in [-0.39, 0.29) is 11.8 Å². The highest BCUT2D eigenvalue weighted by atomic mass is 35.5. The lowest BCUT2D eigenvalue weighted by Crippen LogP contribution is -2.27. The zero-order chi connectivity index (χ0) is 15.6. The first kappa shape index (κ1) is 15.5. The van der Waals surface area contributed by atoms with Gasteiger partial charge in [0.25, 0.3) is 5.56 Å². The van der Waals surface area contributed by atoms with Gasteiger partial charge in [-0.3, -0.25) is 4.79 Å². The normalized spacial score (nSPS) is 11.1. The van der Waals surface area contributed by atoms with E-state index in [1.54, 1.807) is 12.1 Å². The summed E-state index contributed by atoms with van der Waals surface area (Å²) in [5.74, 6) is -0.107. The fourth-order valence-corrected chi connectivity index (χ4v) is 2.06. The van der Waals surface area contributed by atoms with Crippen molar-refractivity contribution in [2.75, 3.05) is 0 Å². The van der Waals surface area contributed by atoms with Crippen molar-refractivity contribution >= 4 is 11.6 Å². The van der Waals surface area contributed by atoms with Crippen LogP contribution in [0.3, 0.4) is 0 Å². The molecule has 0 aliphatic carbocycles. The van der Waals surface area contributed by atoms with E-state index < -0.39 is 5.56 Å². The molecular formula is C15H18ClN3O2. The summed E-state index contributed by atoms with van der Waals surface area (Å²) in [5, 5.41) is 17.8. The van der Waals surface area contributed by atoms with Crippen LogP contribution in [-0.2, 0) is 6.54 Å². The summed E-state index contributed by atoms with van der Waals surface area (Å²) >= 11 is 5.99. The largest absolute Gasteiger partial charge is 0.506 e. The lowest BCUT2D eigenvalue weighted by molar-refractivity contribution is 0.447. The number of aromatic nitrogens is 2. The van der Waals surface area contributed by atoms with Gasteiger partial charge in [0.2, 0.25) is 0 Å². The van der Waals surface area contributed by atoms with E-state index in [9.17, 15) is 9.90 Å². The Labute approximate surface area is 128 Å². The van der Waals surface area contributed by atoms with Gasteiger partial charge in [-0.25, -0.2) is 0 Å². The molecule has 112 valence electrons. The average molecular weight is 308 g/mol. The van der Waals surface area contributed by atoms with Crippen LogP contribution in [0.15, 0.2) is 29.1 Å². The molecule has 2 rings (SSSR count). The number of rotatable bonds is 4. The minimum atomic E-state index is -0.397. The minimum absolute atomic E-state index is 0.107. The molecule has 0 fully saturated rings. The van der Waals surface area contributed by atoms with E-state index in [1.165, 1.54) is 10.7 Å². The molecule has 0 saturated heterocycles. The average Bonchev–Trinajstić information content (AvgIpc) is 2.41. The number of aromatic hydroxyl groups is 1. The Balaban J connectivity index is 2.51. The quantitative estimate of drug-likeness (QED) is 0.910. The first-order valence-electron chi connectivity index (χ1n) is 6.70.